The van der Waals surface area contributed by atoms with E-state index in [1.54, 1.807) is 6.07 Å². The molecule has 0 saturated heterocycles. The van der Waals surface area contributed by atoms with Crippen LogP contribution in [0.5, 0.6) is 0 Å². The second kappa shape index (κ2) is 4.58. The van der Waals surface area contributed by atoms with Crippen LogP contribution in [0.25, 0.3) is 0 Å². The lowest BCUT2D eigenvalue weighted by molar-refractivity contribution is -0.139. The molecule has 14 heavy (non-hydrogen) atoms. The third-order valence-electron chi connectivity index (χ3n) is 1.67. The second-order valence-corrected chi connectivity index (χ2v) is 2.86. The van der Waals surface area contributed by atoms with Crippen molar-refractivity contribution in [2.45, 2.75) is 6.42 Å². The first-order chi connectivity index (χ1) is 6.69. The zero-order valence-electron chi connectivity index (χ0n) is 7.45. The number of methoxy groups -OCH3 is 1. The van der Waals surface area contributed by atoms with Gasteiger partial charge in [-0.15, -0.1) is 0 Å². The van der Waals surface area contributed by atoms with E-state index in [4.69, 9.17) is 16.9 Å². The van der Waals surface area contributed by atoms with Gasteiger partial charge in [0.15, 0.2) is 0 Å². The number of rotatable bonds is 2. The normalized spacial score (nSPS) is 9.21. The van der Waals surface area contributed by atoms with Crippen LogP contribution in [-0.2, 0) is 16.0 Å². The first-order valence-corrected chi connectivity index (χ1v) is 4.17. The average molecular weight is 211 g/mol. The summed E-state index contributed by atoms with van der Waals surface area (Å²) in [5.41, 5.74) is 0.749. The van der Waals surface area contributed by atoms with Crippen LogP contribution in [0.3, 0.4) is 0 Å². The minimum Gasteiger partial charge on any atom is -0.469 e. The summed E-state index contributed by atoms with van der Waals surface area (Å²) in [7, 11) is 1.29. The number of aromatic nitrogens is 1. The van der Waals surface area contributed by atoms with Gasteiger partial charge in [-0.3, -0.25) is 4.79 Å². The molecule has 4 nitrogen and oxygen atoms in total. The van der Waals surface area contributed by atoms with Crippen molar-refractivity contribution in [3.05, 3.63) is 28.5 Å². The monoisotopic (exact) mass is 210 g/mol. The molecule has 72 valence electrons. The molecule has 0 aliphatic carbocycles. The molecule has 0 aliphatic rings. The van der Waals surface area contributed by atoms with Gasteiger partial charge in [0.2, 0.25) is 0 Å². The van der Waals surface area contributed by atoms with E-state index < -0.39 is 5.97 Å². The summed E-state index contributed by atoms with van der Waals surface area (Å²) in [5.74, 6) is -0.413. The molecule has 1 rings (SSSR count). The number of pyridine rings is 1. The van der Waals surface area contributed by atoms with Gasteiger partial charge in [0.1, 0.15) is 11.2 Å². The van der Waals surface area contributed by atoms with Crippen molar-refractivity contribution >= 4 is 17.6 Å². The number of hydrogen-bond acceptors (Lipinski definition) is 4. The highest BCUT2D eigenvalue weighted by atomic mass is 35.5. The lowest BCUT2D eigenvalue weighted by Gasteiger charge is -2.02. The number of ether oxygens (including phenoxy) is 1. The number of carbonyl (C=O) groups is 1. The van der Waals surface area contributed by atoms with Crippen LogP contribution in [-0.4, -0.2) is 18.1 Å². The zero-order chi connectivity index (χ0) is 10.6. The second-order valence-electron chi connectivity index (χ2n) is 2.50. The van der Waals surface area contributed by atoms with E-state index in [0.717, 1.165) is 0 Å². The fourth-order valence-corrected chi connectivity index (χ4v) is 1.19. The molecule has 1 heterocycles. The van der Waals surface area contributed by atoms with E-state index in [9.17, 15) is 4.79 Å². The van der Waals surface area contributed by atoms with Gasteiger partial charge in [0, 0.05) is 6.20 Å². The van der Waals surface area contributed by atoms with Crippen LogP contribution in [0.4, 0.5) is 0 Å². The molecule has 0 spiro atoms. The van der Waals surface area contributed by atoms with Gasteiger partial charge in [-0.2, -0.15) is 5.26 Å². The minimum atomic E-state index is -0.413. The highest BCUT2D eigenvalue weighted by molar-refractivity contribution is 6.30. The van der Waals surface area contributed by atoms with Crippen molar-refractivity contribution in [3.8, 4) is 6.07 Å². The molecule has 1 aromatic rings. The number of hydrogen-bond donors (Lipinski definition) is 0. The number of halogens is 1. The Morgan fingerprint density at radius 2 is 2.50 bits per heavy atom. The van der Waals surface area contributed by atoms with Gasteiger partial charge in [-0.1, -0.05) is 11.6 Å². The standard InChI is InChI=1S/C9H7ClN2O2/c1-14-8(13)4-6-2-3-12-9(10)7(6)5-11/h2-3H,4H2,1H3. The predicted octanol–water partition coefficient (Wildman–Crippen LogP) is 1.32. The summed E-state index contributed by atoms with van der Waals surface area (Å²) < 4.78 is 4.48. The van der Waals surface area contributed by atoms with Gasteiger partial charge in [-0.05, 0) is 11.6 Å². The Morgan fingerprint density at radius 1 is 1.79 bits per heavy atom. The number of carbonyl (C=O) groups excluding carboxylic acids is 1. The first kappa shape index (κ1) is 10.5. The van der Waals surface area contributed by atoms with E-state index in [1.165, 1.54) is 13.3 Å². The van der Waals surface area contributed by atoms with Crippen LogP contribution in [0.1, 0.15) is 11.1 Å². The van der Waals surface area contributed by atoms with Crippen LogP contribution in [0.2, 0.25) is 5.15 Å². The van der Waals surface area contributed by atoms with Crippen molar-refractivity contribution in [1.29, 1.82) is 5.26 Å². The lowest BCUT2D eigenvalue weighted by atomic mass is 10.1. The molecule has 0 bridgehead atoms. The molecular weight excluding hydrogens is 204 g/mol. The summed E-state index contributed by atoms with van der Waals surface area (Å²) in [4.78, 5) is 14.7. The van der Waals surface area contributed by atoms with E-state index in [2.05, 4.69) is 9.72 Å². The molecule has 0 unspecified atom stereocenters. The van der Waals surface area contributed by atoms with Crippen molar-refractivity contribution in [2.75, 3.05) is 7.11 Å². The molecule has 5 heteroatoms. The van der Waals surface area contributed by atoms with Crippen LogP contribution < -0.4 is 0 Å². The van der Waals surface area contributed by atoms with Gasteiger partial charge in [0.25, 0.3) is 0 Å². The lowest BCUT2D eigenvalue weighted by Crippen LogP contribution is -2.06. The van der Waals surface area contributed by atoms with Gasteiger partial charge in [-0.25, -0.2) is 4.98 Å². The van der Waals surface area contributed by atoms with Crippen LogP contribution in [0, 0.1) is 11.3 Å². The molecule has 0 radical (unpaired) electrons. The van der Waals surface area contributed by atoms with Gasteiger partial charge >= 0.3 is 5.97 Å². The first-order valence-electron chi connectivity index (χ1n) is 3.79. The number of nitriles is 1. The summed E-state index contributed by atoms with van der Waals surface area (Å²) in [5, 5.41) is 8.86. The predicted molar refractivity (Wildman–Crippen MR) is 49.7 cm³/mol. The largest absolute Gasteiger partial charge is 0.469 e. The molecule has 0 atom stereocenters. The Morgan fingerprint density at radius 3 is 3.07 bits per heavy atom. The van der Waals surface area contributed by atoms with E-state index in [1.807, 2.05) is 6.07 Å². The fourth-order valence-electron chi connectivity index (χ4n) is 0.966. The molecule has 0 N–H and O–H groups in total. The van der Waals surface area contributed by atoms with Crippen LogP contribution in [0.15, 0.2) is 12.3 Å². The van der Waals surface area contributed by atoms with E-state index in [0.29, 0.717) is 5.56 Å². The molecule has 0 aromatic carbocycles. The molecule has 0 aliphatic heterocycles. The van der Waals surface area contributed by atoms with Crippen molar-refractivity contribution in [3.63, 3.8) is 0 Å². The van der Waals surface area contributed by atoms with Crippen molar-refractivity contribution in [2.24, 2.45) is 0 Å². The topological polar surface area (TPSA) is 63.0 Å². The highest BCUT2D eigenvalue weighted by Gasteiger charge is 2.11. The number of nitrogens with zero attached hydrogens (tertiary/aromatic N) is 2. The van der Waals surface area contributed by atoms with Crippen molar-refractivity contribution in [1.82, 2.24) is 4.98 Å². The van der Waals surface area contributed by atoms with Gasteiger partial charge < -0.3 is 4.74 Å². The fraction of sp³-hybridized carbons (Fsp3) is 0.222. The Hall–Kier alpha value is -1.60. The van der Waals surface area contributed by atoms with Gasteiger partial charge in [0.05, 0.1) is 19.1 Å². The smallest absolute Gasteiger partial charge is 0.310 e. The maximum Gasteiger partial charge on any atom is 0.310 e. The Labute approximate surface area is 86.1 Å². The quantitative estimate of drug-likeness (QED) is 0.546. The third kappa shape index (κ3) is 2.21. The molecule has 0 amide bonds. The maximum absolute atomic E-state index is 11.0. The Balaban J connectivity index is 3.04. The Bertz CT molecular complexity index is 398. The Kier molecular flexibility index (Phi) is 3.43. The molecular formula is C9H7ClN2O2. The summed E-state index contributed by atoms with van der Waals surface area (Å²) in [6.45, 7) is 0. The summed E-state index contributed by atoms with van der Waals surface area (Å²) >= 11 is 5.67. The summed E-state index contributed by atoms with van der Waals surface area (Å²) in [6.07, 6.45) is 1.48. The molecule has 1 aromatic heterocycles. The van der Waals surface area contributed by atoms with Crippen LogP contribution >= 0.6 is 11.6 Å². The zero-order valence-corrected chi connectivity index (χ0v) is 8.21. The molecule has 0 fully saturated rings. The van der Waals surface area contributed by atoms with Crippen molar-refractivity contribution < 1.29 is 9.53 Å². The van der Waals surface area contributed by atoms with E-state index >= 15 is 0 Å². The third-order valence-corrected chi connectivity index (χ3v) is 1.95. The highest BCUT2D eigenvalue weighted by Crippen LogP contribution is 2.16. The maximum atomic E-state index is 11.0. The SMILES string of the molecule is COC(=O)Cc1ccnc(Cl)c1C#N. The minimum absolute atomic E-state index is 0.0294. The summed E-state index contributed by atoms with van der Waals surface area (Å²) in [6, 6.07) is 3.46. The average Bonchev–Trinajstić information content (AvgIpc) is 2.18. The number of esters is 1. The molecule has 0 saturated carbocycles. The van der Waals surface area contributed by atoms with E-state index in [-0.39, 0.29) is 17.1 Å².